The minimum absolute atomic E-state index is 0.117. The predicted octanol–water partition coefficient (Wildman–Crippen LogP) is 3.80. The van der Waals surface area contributed by atoms with Gasteiger partial charge in [-0.15, -0.1) is 0 Å². The fourth-order valence-electron chi connectivity index (χ4n) is 2.70. The van der Waals surface area contributed by atoms with Crippen LogP contribution in [0.4, 0.5) is 8.78 Å². The van der Waals surface area contributed by atoms with Gasteiger partial charge in [0.15, 0.2) is 0 Å². The topological polar surface area (TPSA) is 36.3 Å². The molecule has 0 aliphatic carbocycles. The molecule has 1 fully saturated rings. The lowest BCUT2D eigenvalue weighted by Gasteiger charge is -2.38. The van der Waals surface area contributed by atoms with E-state index < -0.39 is 6.61 Å². The van der Waals surface area contributed by atoms with Gasteiger partial charge in [-0.2, -0.15) is 14.0 Å². The third kappa shape index (κ3) is 4.68. The number of nitrogens with zero attached hydrogens (tertiary/aromatic N) is 2. The minimum Gasteiger partial charge on any atom is -0.435 e. The number of ether oxygens (including phenoxy) is 1. The van der Waals surface area contributed by atoms with Gasteiger partial charge in [0.2, 0.25) is 0 Å². The summed E-state index contributed by atoms with van der Waals surface area (Å²) in [7, 11) is 0. The quantitative estimate of drug-likeness (QED) is 0.828. The van der Waals surface area contributed by atoms with Crippen molar-refractivity contribution in [3.05, 3.63) is 29.8 Å². The molecule has 0 saturated carbocycles. The highest BCUT2D eigenvalue weighted by atomic mass is 19.3. The zero-order valence-corrected chi connectivity index (χ0v) is 12.2. The number of halogens is 2. The Morgan fingerprint density at radius 1 is 1.38 bits per heavy atom. The molecular weight excluding hydrogens is 274 g/mol. The zero-order valence-electron chi connectivity index (χ0n) is 12.2. The molecule has 0 bridgehead atoms. The number of alkyl halides is 2. The van der Waals surface area contributed by atoms with E-state index in [2.05, 4.69) is 22.6 Å². The molecular formula is C16H20F2N2O. The Bertz CT molecular complexity index is 505. The highest BCUT2D eigenvalue weighted by molar-refractivity contribution is 5.28. The molecule has 0 radical (unpaired) electrons. The van der Waals surface area contributed by atoms with E-state index in [-0.39, 0.29) is 11.2 Å². The number of likely N-dealkylation sites (tertiary alicyclic amines) is 1. The summed E-state index contributed by atoms with van der Waals surface area (Å²) in [6.07, 6.45) is 2.58. The summed E-state index contributed by atoms with van der Waals surface area (Å²) in [6.45, 7) is 1.95. The number of nitriles is 1. The molecule has 114 valence electrons. The van der Waals surface area contributed by atoms with Gasteiger partial charge in [-0.25, -0.2) is 0 Å². The summed E-state index contributed by atoms with van der Waals surface area (Å²) in [5.41, 5.74) is 1.09. The molecule has 1 aliphatic heterocycles. The molecule has 3 nitrogen and oxygen atoms in total. The van der Waals surface area contributed by atoms with Crippen LogP contribution in [0.25, 0.3) is 0 Å². The van der Waals surface area contributed by atoms with E-state index in [0.717, 1.165) is 38.0 Å². The monoisotopic (exact) mass is 294 g/mol. The average Bonchev–Trinajstić information content (AvgIpc) is 2.42. The van der Waals surface area contributed by atoms with Crippen LogP contribution in [-0.2, 0) is 6.54 Å². The first-order chi connectivity index (χ1) is 10.0. The van der Waals surface area contributed by atoms with Gasteiger partial charge in [-0.05, 0) is 49.0 Å². The van der Waals surface area contributed by atoms with E-state index >= 15 is 0 Å². The Morgan fingerprint density at radius 3 is 2.71 bits per heavy atom. The van der Waals surface area contributed by atoms with Crippen LogP contribution in [-0.4, -0.2) is 24.6 Å². The van der Waals surface area contributed by atoms with Gasteiger partial charge in [0.05, 0.1) is 6.07 Å². The SMILES string of the molecule is CC1(CC#N)CCN(Cc2cccc(OC(F)F)c2)CC1. The van der Waals surface area contributed by atoms with E-state index in [4.69, 9.17) is 5.26 Å². The van der Waals surface area contributed by atoms with E-state index in [0.29, 0.717) is 6.42 Å². The molecule has 21 heavy (non-hydrogen) atoms. The maximum atomic E-state index is 12.2. The Hall–Kier alpha value is -1.67. The summed E-state index contributed by atoms with van der Waals surface area (Å²) in [6, 6.07) is 9.11. The first-order valence-electron chi connectivity index (χ1n) is 7.14. The Balaban J connectivity index is 1.90. The molecule has 1 aromatic carbocycles. The lowest BCUT2D eigenvalue weighted by molar-refractivity contribution is -0.0499. The average molecular weight is 294 g/mol. The standard InChI is InChI=1S/C16H20F2N2O/c1-16(5-8-19)6-9-20(10-7-16)12-13-3-2-4-14(11-13)21-15(17)18/h2-4,11,15H,5-7,9-10,12H2,1H3. The van der Waals surface area contributed by atoms with Crippen molar-refractivity contribution in [2.75, 3.05) is 13.1 Å². The van der Waals surface area contributed by atoms with Crippen molar-refractivity contribution >= 4 is 0 Å². The number of hydrogen-bond acceptors (Lipinski definition) is 3. The Labute approximate surface area is 124 Å². The molecule has 1 aliphatic rings. The summed E-state index contributed by atoms with van der Waals surface area (Å²) in [5.74, 6) is 0.203. The zero-order chi connectivity index (χ0) is 15.3. The highest BCUT2D eigenvalue weighted by Crippen LogP contribution is 2.34. The molecule has 1 heterocycles. The summed E-state index contributed by atoms with van der Waals surface area (Å²) in [4.78, 5) is 2.29. The third-order valence-corrected chi connectivity index (χ3v) is 4.10. The predicted molar refractivity (Wildman–Crippen MR) is 75.9 cm³/mol. The Morgan fingerprint density at radius 2 is 2.10 bits per heavy atom. The van der Waals surface area contributed by atoms with Gasteiger partial charge in [0, 0.05) is 13.0 Å². The van der Waals surface area contributed by atoms with Crippen LogP contribution >= 0.6 is 0 Å². The Kier molecular flexibility index (Phi) is 5.13. The van der Waals surface area contributed by atoms with Gasteiger partial charge >= 0.3 is 6.61 Å². The molecule has 0 atom stereocenters. The summed E-state index contributed by atoms with van der Waals surface area (Å²) in [5, 5.41) is 8.85. The largest absolute Gasteiger partial charge is 0.435 e. The van der Waals surface area contributed by atoms with Gasteiger partial charge in [-0.1, -0.05) is 19.1 Å². The van der Waals surface area contributed by atoms with Crippen LogP contribution in [0, 0.1) is 16.7 Å². The second kappa shape index (κ2) is 6.86. The van der Waals surface area contributed by atoms with E-state index in [1.807, 2.05) is 6.07 Å². The van der Waals surface area contributed by atoms with E-state index in [1.54, 1.807) is 12.1 Å². The summed E-state index contributed by atoms with van der Waals surface area (Å²) < 4.78 is 28.8. The minimum atomic E-state index is -2.79. The first-order valence-corrected chi connectivity index (χ1v) is 7.14. The normalized spacial score (nSPS) is 18.4. The summed E-state index contributed by atoms with van der Waals surface area (Å²) >= 11 is 0. The molecule has 1 saturated heterocycles. The molecule has 1 aromatic rings. The maximum absolute atomic E-state index is 12.2. The van der Waals surface area contributed by atoms with Crippen molar-refractivity contribution in [2.24, 2.45) is 5.41 Å². The van der Waals surface area contributed by atoms with Crippen LogP contribution in [0.3, 0.4) is 0 Å². The van der Waals surface area contributed by atoms with Crippen molar-refractivity contribution in [2.45, 2.75) is 39.3 Å². The van der Waals surface area contributed by atoms with Gasteiger partial charge < -0.3 is 4.74 Å². The van der Waals surface area contributed by atoms with Crippen LogP contribution in [0.15, 0.2) is 24.3 Å². The van der Waals surface area contributed by atoms with Crippen molar-refractivity contribution in [3.63, 3.8) is 0 Å². The molecule has 0 aromatic heterocycles. The van der Waals surface area contributed by atoms with Crippen LogP contribution < -0.4 is 4.74 Å². The van der Waals surface area contributed by atoms with Crippen molar-refractivity contribution in [1.29, 1.82) is 5.26 Å². The van der Waals surface area contributed by atoms with Gasteiger partial charge in [0.25, 0.3) is 0 Å². The second-order valence-corrected chi connectivity index (χ2v) is 5.95. The number of rotatable bonds is 5. The van der Waals surface area contributed by atoms with Crippen molar-refractivity contribution < 1.29 is 13.5 Å². The fourth-order valence-corrected chi connectivity index (χ4v) is 2.70. The molecule has 0 unspecified atom stereocenters. The number of piperidine rings is 1. The fraction of sp³-hybridized carbons (Fsp3) is 0.562. The van der Waals surface area contributed by atoms with Gasteiger partial charge in [-0.3, -0.25) is 4.90 Å². The smallest absolute Gasteiger partial charge is 0.387 e. The molecule has 0 N–H and O–H groups in total. The third-order valence-electron chi connectivity index (χ3n) is 4.10. The first kappa shape index (κ1) is 15.7. The number of hydrogen-bond donors (Lipinski definition) is 0. The highest BCUT2D eigenvalue weighted by Gasteiger charge is 2.29. The lowest BCUT2D eigenvalue weighted by Crippen LogP contribution is -2.38. The lowest BCUT2D eigenvalue weighted by atomic mass is 9.78. The maximum Gasteiger partial charge on any atom is 0.387 e. The van der Waals surface area contributed by atoms with Gasteiger partial charge in [0.1, 0.15) is 5.75 Å². The molecule has 0 spiro atoms. The molecule has 2 rings (SSSR count). The van der Waals surface area contributed by atoms with E-state index in [9.17, 15) is 8.78 Å². The van der Waals surface area contributed by atoms with E-state index in [1.165, 1.54) is 6.07 Å². The number of benzene rings is 1. The van der Waals surface area contributed by atoms with Crippen LogP contribution in [0.5, 0.6) is 5.75 Å². The van der Waals surface area contributed by atoms with Crippen molar-refractivity contribution in [1.82, 2.24) is 4.90 Å². The second-order valence-electron chi connectivity index (χ2n) is 5.95. The van der Waals surface area contributed by atoms with Crippen molar-refractivity contribution in [3.8, 4) is 11.8 Å². The van der Waals surface area contributed by atoms with Crippen LogP contribution in [0.2, 0.25) is 0 Å². The molecule has 0 amide bonds. The molecule has 5 heteroatoms. The van der Waals surface area contributed by atoms with Crippen LogP contribution in [0.1, 0.15) is 31.7 Å².